The van der Waals surface area contributed by atoms with E-state index in [4.69, 9.17) is 14.2 Å². The SMILES string of the molecule is C=CCc1cc(C(=O)N2CCNCC2c2ccccc2OC)cc(OC)c1OC. The Morgan fingerprint density at radius 1 is 1.17 bits per heavy atom. The smallest absolute Gasteiger partial charge is 0.254 e. The highest BCUT2D eigenvalue weighted by atomic mass is 16.5. The standard InChI is InChI=1S/C23H28N2O4/c1-5-8-16-13-17(14-21(28-3)22(16)29-4)23(26)25-12-11-24-15-19(25)18-9-6-7-10-20(18)27-2/h5-7,9-10,13-14,19,24H,1,8,11-12,15H2,2-4H3. The second kappa shape index (κ2) is 9.47. The maximum atomic E-state index is 13.5. The number of para-hydroxylation sites is 1. The van der Waals surface area contributed by atoms with E-state index >= 15 is 0 Å². The van der Waals surface area contributed by atoms with Crippen LogP contribution in [0.2, 0.25) is 0 Å². The van der Waals surface area contributed by atoms with Crippen molar-refractivity contribution >= 4 is 5.91 Å². The lowest BCUT2D eigenvalue weighted by atomic mass is 9.99. The number of carbonyl (C=O) groups is 1. The van der Waals surface area contributed by atoms with E-state index in [1.54, 1.807) is 33.5 Å². The molecule has 1 aliphatic rings. The molecule has 0 aliphatic carbocycles. The monoisotopic (exact) mass is 396 g/mol. The Labute approximate surface area is 172 Å². The minimum Gasteiger partial charge on any atom is -0.496 e. The van der Waals surface area contributed by atoms with Gasteiger partial charge in [-0.05, 0) is 24.6 Å². The van der Waals surface area contributed by atoms with Crippen LogP contribution in [-0.2, 0) is 6.42 Å². The van der Waals surface area contributed by atoms with Crippen LogP contribution in [0.15, 0.2) is 49.1 Å². The summed E-state index contributed by atoms with van der Waals surface area (Å²) in [5, 5.41) is 3.39. The molecule has 1 aliphatic heterocycles. The molecule has 0 radical (unpaired) electrons. The van der Waals surface area contributed by atoms with Gasteiger partial charge in [-0.1, -0.05) is 24.3 Å². The van der Waals surface area contributed by atoms with Crippen molar-refractivity contribution in [2.24, 2.45) is 0 Å². The number of ether oxygens (including phenoxy) is 3. The van der Waals surface area contributed by atoms with E-state index in [-0.39, 0.29) is 11.9 Å². The van der Waals surface area contributed by atoms with Crippen LogP contribution in [0, 0.1) is 0 Å². The zero-order valence-corrected chi connectivity index (χ0v) is 17.2. The van der Waals surface area contributed by atoms with Crippen molar-refractivity contribution in [1.82, 2.24) is 10.2 Å². The highest BCUT2D eigenvalue weighted by Gasteiger charge is 2.31. The predicted octanol–water partition coefficient (Wildman–Crippen LogP) is 3.23. The lowest BCUT2D eigenvalue weighted by molar-refractivity contribution is 0.0631. The summed E-state index contributed by atoms with van der Waals surface area (Å²) in [6.45, 7) is 5.82. The molecule has 154 valence electrons. The number of methoxy groups -OCH3 is 3. The van der Waals surface area contributed by atoms with E-state index < -0.39 is 0 Å². The van der Waals surface area contributed by atoms with Crippen molar-refractivity contribution < 1.29 is 19.0 Å². The minimum atomic E-state index is -0.122. The number of carbonyl (C=O) groups excluding carboxylic acids is 1. The fourth-order valence-electron chi connectivity index (χ4n) is 3.81. The second-order valence-corrected chi connectivity index (χ2v) is 6.82. The lowest BCUT2D eigenvalue weighted by Gasteiger charge is -2.37. The molecular formula is C23H28N2O4. The Morgan fingerprint density at radius 2 is 1.93 bits per heavy atom. The number of hydrogen-bond donors (Lipinski definition) is 1. The van der Waals surface area contributed by atoms with E-state index in [0.29, 0.717) is 36.6 Å². The van der Waals surface area contributed by atoms with Gasteiger partial charge in [0.05, 0.1) is 27.4 Å². The molecule has 0 spiro atoms. The van der Waals surface area contributed by atoms with Crippen molar-refractivity contribution in [1.29, 1.82) is 0 Å². The number of nitrogens with one attached hydrogen (secondary N) is 1. The molecule has 1 fully saturated rings. The summed E-state index contributed by atoms with van der Waals surface area (Å²) in [6.07, 6.45) is 2.37. The van der Waals surface area contributed by atoms with Gasteiger partial charge in [0.15, 0.2) is 11.5 Å². The van der Waals surface area contributed by atoms with Gasteiger partial charge in [-0.3, -0.25) is 4.79 Å². The Hall–Kier alpha value is -2.99. The van der Waals surface area contributed by atoms with Gasteiger partial charge in [0.25, 0.3) is 5.91 Å². The van der Waals surface area contributed by atoms with E-state index in [1.807, 2.05) is 35.2 Å². The second-order valence-electron chi connectivity index (χ2n) is 6.82. The Balaban J connectivity index is 2.01. The van der Waals surface area contributed by atoms with E-state index in [1.165, 1.54) is 0 Å². The van der Waals surface area contributed by atoms with Gasteiger partial charge in [-0.15, -0.1) is 6.58 Å². The fourth-order valence-corrected chi connectivity index (χ4v) is 3.81. The number of allylic oxidation sites excluding steroid dienone is 1. The maximum absolute atomic E-state index is 13.5. The molecule has 0 aromatic heterocycles. The van der Waals surface area contributed by atoms with Crippen LogP contribution in [0.4, 0.5) is 0 Å². The number of benzene rings is 2. The quantitative estimate of drug-likeness (QED) is 0.728. The molecule has 6 nitrogen and oxygen atoms in total. The number of amides is 1. The van der Waals surface area contributed by atoms with Gasteiger partial charge in [0.1, 0.15) is 5.75 Å². The normalized spacial score (nSPS) is 16.2. The van der Waals surface area contributed by atoms with E-state index in [0.717, 1.165) is 23.4 Å². The summed E-state index contributed by atoms with van der Waals surface area (Å²) in [5.41, 5.74) is 2.43. The van der Waals surface area contributed by atoms with Gasteiger partial charge in [0.2, 0.25) is 0 Å². The molecule has 1 atom stereocenters. The van der Waals surface area contributed by atoms with Crippen LogP contribution >= 0.6 is 0 Å². The van der Waals surface area contributed by atoms with Gasteiger partial charge in [-0.25, -0.2) is 0 Å². The van der Waals surface area contributed by atoms with Crippen LogP contribution in [0.1, 0.15) is 27.5 Å². The van der Waals surface area contributed by atoms with E-state index in [2.05, 4.69) is 11.9 Å². The minimum absolute atomic E-state index is 0.0475. The maximum Gasteiger partial charge on any atom is 0.254 e. The van der Waals surface area contributed by atoms with Crippen LogP contribution < -0.4 is 19.5 Å². The van der Waals surface area contributed by atoms with Crippen molar-refractivity contribution in [3.05, 3.63) is 65.7 Å². The number of piperazine rings is 1. The Bertz CT molecular complexity index is 881. The van der Waals surface area contributed by atoms with Crippen LogP contribution in [0.25, 0.3) is 0 Å². The molecule has 0 saturated carbocycles. The topological polar surface area (TPSA) is 60.0 Å². The predicted molar refractivity (Wildman–Crippen MR) is 113 cm³/mol. The molecular weight excluding hydrogens is 368 g/mol. The van der Waals surface area contributed by atoms with Crippen LogP contribution in [0.5, 0.6) is 17.2 Å². The summed E-state index contributed by atoms with van der Waals surface area (Å²) in [5.74, 6) is 1.90. The van der Waals surface area contributed by atoms with Crippen molar-refractivity contribution in [2.75, 3.05) is 41.0 Å². The average molecular weight is 396 g/mol. The number of rotatable bonds is 7. The van der Waals surface area contributed by atoms with Crippen LogP contribution in [0.3, 0.4) is 0 Å². The molecule has 1 unspecified atom stereocenters. The fraction of sp³-hybridized carbons (Fsp3) is 0.348. The number of hydrogen-bond acceptors (Lipinski definition) is 5. The van der Waals surface area contributed by atoms with Crippen LogP contribution in [-0.4, -0.2) is 51.8 Å². The molecule has 1 heterocycles. The highest BCUT2D eigenvalue weighted by Crippen LogP contribution is 2.35. The van der Waals surface area contributed by atoms with Crippen molar-refractivity contribution in [3.63, 3.8) is 0 Å². The molecule has 6 heteroatoms. The molecule has 1 saturated heterocycles. The zero-order valence-electron chi connectivity index (χ0n) is 17.2. The largest absolute Gasteiger partial charge is 0.496 e. The number of nitrogens with zero attached hydrogens (tertiary/aromatic N) is 1. The summed E-state index contributed by atoms with van der Waals surface area (Å²) < 4.78 is 16.5. The summed E-state index contributed by atoms with van der Waals surface area (Å²) in [4.78, 5) is 15.4. The third-order valence-electron chi connectivity index (χ3n) is 5.17. The van der Waals surface area contributed by atoms with Crippen molar-refractivity contribution in [3.8, 4) is 17.2 Å². The highest BCUT2D eigenvalue weighted by molar-refractivity contribution is 5.95. The first kappa shape index (κ1) is 20.7. The van der Waals surface area contributed by atoms with Crippen molar-refractivity contribution in [2.45, 2.75) is 12.5 Å². The first-order valence-corrected chi connectivity index (χ1v) is 9.65. The van der Waals surface area contributed by atoms with Gasteiger partial charge in [-0.2, -0.15) is 0 Å². The van der Waals surface area contributed by atoms with E-state index in [9.17, 15) is 4.79 Å². The third-order valence-corrected chi connectivity index (χ3v) is 5.17. The van der Waals surface area contributed by atoms with Gasteiger partial charge in [0, 0.05) is 36.3 Å². The Kier molecular flexibility index (Phi) is 6.77. The third kappa shape index (κ3) is 4.22. The zero-order chi connectivity index (χ0) is 20.8. The first-order valence-electron chi connectivity index (χ1n) is 9.65. The molecule has 29 heavy (non-hydrogen) atoms. The first-order chi connectivity index (χ1) is 14.1. The lowest BCUT2D eigenvalue weighted by Crippen LogP contribution is -2.48. The molecule has 1 N–H and O–H groups in total. The summed E-state index contributed by atoms with van der Waals surface area (Å²) in [6, 6.07) is 11.3. The molecule has 1 amide bonds. The summed E-state index contributed by atoms with van der Waals surface area (Å²) in [7, 11) is 4.82. The average Bonchev–Trinajstić information content (AvgIpc) is 2.78. The summed E-state index contributed by atoms with van der Waals surface area (Å²) >= 11 is 0. The molecule has 0 bridgehead atoms. The Morgan fingerprint density at radius 3 is 2.62 bits per heavy atom. The van der Waals surface area contributed by atoms with Gasteiger partial charge < -0.3 is 24.4 Å². The van der Waals surface area contributed by atoms with Gasteiger partial charge >= 0.3 is 0 Å². The molecule has 3 rings (SSSR count). The molecule has 2 aromatic carbocycles. The molecule has 2 aromatic rings.